The van der Waals surface area contributed by atoms with Gasteiger partial charge in [-0.25, -0.2) is 9.59 Å². The topological polar surface area (TPSA) is 256 Å². The highest BCUT2D eigenvalue weighted by atomic mass is 16.5. The van der Waals surface area contributed by atoms with Crippen molar-refractivity contribution >= 4 is 35.1 Å². The Kier molecular flexibility index (Phi) is 10.2. The minimum absolute atomic E-state index is 0.00608. The van der Waals surface area contributed by atoms with Crippen molar-refractivity contribution in [3.63, 3.8) is 0 Å². The van der Waals surface area contributed by atoms with E-state index >= 15 is 0 Å². The number of phenolic OH excluding ortho intramolecular Hbond substituents is 1. The van der Waals surface area contributed by atoms with Crippen LogP contribution in [0.3, 0.4) is 0 Å². The number of hydrogen-bond acceptors (Lipinski definition) is 15. The van der Waals surface area contributed by atoms with Gasteiger partial charge in [0.15, 0.2) is 23.6 Å². The standard InChI is InChI=1S/C28H23NO13.C8H16O2/c1-9-4-10-5-15(31)28(41-3)25(37)19-12(6-11-18(22(19)35)14(30)7-13(29)21(11)34)24(36)27(28,39)20(10)23(42-8-16(32)33)17(9)26(38)40-2;1-6-4-8(9-3)7(2)10-5-6/h4,6-7,15,31,35,39H,5,8,29H2,1-3H3,(H,32,33);6-8H,4-5H2,1-3H3/t15-,27+,28-;6-,7+,8-/m11/s1. The minimum atomic E-state index is -3.23. The van der Waals surface area contributed by atoms with Crippen LogP contribution in [0.15, 0.2) is 23.9 Å². The molecular weight excluding hydrogens is 686 g/mol. The smallest absolute Gasteiger partial charge is 0.341 e. The number of methoxy groups -OCH3 is 3. The number of aliphatic hydroxyl groups is 2. The summed E-state index contributed by atoms with van der Waals surface area (Å²) in [5.74, 6) is -8.20. The minimum Gasteiger partial charge on any atom is -0.506 e. The molecule has 0 radical (unpaired) electrons. The normalized spacial score (nSPS) is 27.6. The predicted molar refractivity (Wildman–Crippen MR) is 177 cm³/mol. The number of phenols is 1. The summed E-state index contributed by atoms with van der Waals surface area (Å²) in [6, 6.07) is 2.14. The zero-order valence-corrected chi connectivity index (χ0v) is 29.2. The molecular formula is C36H39NO15. The number of allylic oxidation sites excluding steroid dienone is 2. The molecule has 16 nitrogen and oxygen atoms in total. The van der Waals surface area contributed by atoms with Gasteiger partial charge in [0.25, 0.3) is 0 Å². The number of aromatic hydroxyl groups is 1. The SMILES string of the molecule is COC(=O)c1c(C)cc2c(c1OCC(=O)O)[C@]1(O)C(=O)c3cc4c(c(O)c3C(=O)[C@]1(OC)[C@H](O)C2)C(=O)C=C(N)C4=O.CO[C@@H]1C[C@@H](C)CO[C@H]1C. The molecule has 1 heterocycles. The number of fused-ring (bicyclic) bond motifs is 5. The van der Waals surface area contributed by atoms with E-state index in [1.165, 1.54) is 13.0 Å². The lowest BCUT2D eigenvalue weighted by atomic mass is 9.56. The lowest BCUT2D eigenvalue weighted by Gasteiger charge is -2.53. The number of rotatable bonds is 6. The molecule has 6 rings (SSSR count). The summed E-state index contributed by atoms with van der Waals surface area (Å²) in [6.07, 6.45) is 0.0162. The molecule has 0 unspecified atom stereocenters. The van der Waals surface area contributed by atoms with Crippen LogP contribution in [0.4, 0.5) is 0 Å². The molecule has 1 aliphatic heterocycles. The second kappa shape index (κ2) is 13.9. The number of nitrogens with two attached hydrogens (primary N) is 1. The molecule has 0 spiro atoms. The van der Waals surface area contributed by atoms with E-state index in [4.69, 9.17) is 29.4 Å². The Labute approximate surface area is 297 Å². The summed E-state index contributed by atoms with van der Waals surface area (Å²) < 4.78 is 26.4. The average Bonchev–Trinajstić information content (AvgIpc) is 3.09. The molecule has 2 aromatic carbocycles. The van der Waals surface area contributed by atoms with Gasteiger partial charge < -0.3 is 49.8 Å². The summed E-state index contributed by atoms with van der Waals surface area (Å²) in [4.78, 5) is 78.4. The number of carbonyl (C=O) groups excluding carboxylic acids is 5. The van der Waals surface area contributed by atoms with Crippen molar-refractivity contribution in [1.82, 2.24) is 0 Å². The lowest BCUT2D eigenvalue weighted by Crippen LogP contribution is -2.73. The molecule has 278 valence electrons. The Balaban J connectivity index is 0.000000452. The number of esters is 1. The van der Waals surface area contributed by atoms with Crippen molar-refractivity contribution in [1.29, 1.82) is 0 Å². The summed E-state index contributed by atoms with van der Waals surface area (Å²) in [5.41, 5.74) is -4.49. The van der Waals surface area contributed by atoms with Gasteiger partial charge in [-0.3, -0.25) is 19.2 Å². The number of hydrogen-bond donors (Lipinski definition) is 5. The van der Waals surface area contributed by atoms with E-state index in [0.717, 1.165) is 39.4 Å². The van der Waals surface area contributed by atoms with Crippen molar-refractivity contribution < 1.29 is 72.9 Å². The largest absolute Gasteiger partial charge is 0.506 e. The van der Waals surface area contributed by atoms with Crippen LogP contribution in [-0.2, 0) is 35.8 Å². The summed E-state index contributed by atoms with van der Waals surface area (Å²) in [7, 11) is 3.68. The highest BCUT2D eigenvalue weighted by Gasteiger charge is 2.72. The number of Topliss-reactive ketones (excluding diaryl/α,β-unsaturated/α-hetero) is 3. The van der Waals surface area contributed by atoms with Crippen LogP contribution >= 0.6 is 0 Å². The summed E-state index contributed by atoms with van der Waals surface area (Å²) in [6.45, 7) is 5.52. The van der Waals surface area contributed by atoms with E-state index < -0.39 is 110 Å². The highest BCUT2D eigenvalue weighted by molar-refractivity contribution is 6.30. The first-order chi connectivity index (χ1) is 24.4. The number of aryl methyl sites for hydroxylation is 1. The third kappa shape index (κ3) is 5.58. The first kappa shape index (κ1) is 38.2. The van der Waals surface area contributed by atoms with Crippen LogP contribution < -0.4 is 10.5 Å². The fourth-order valence-corrected chi connectivity index (χ4v) is 7.49. The van der Waals surface area contributed by atoms with Crippen molar-refractivity contribution in [2.45, 2.75) is 63.1 Å². The molecule has 6 N–H and O–H groups in total. The fourth-order valence-electron chi connectivity index (χ4n) is 7.49. The van der Waals surface area contributed by atoms with Gasteiger partial charge >= 0.3 is 11.9 Å². The highest BCUT2D eigenvalue weighted by Crippen LogP contribution is 2.57. The van der Waals surface area contributed by atoms with Crippen LogP contribution in [0.2, 0.25) is 0 Å². The van der Waals surface area contributed by atoms with E-state index in [-0.39, 0.29) is 22.8 Å². The van der Waals surface area contributed by atoms with Gasteiger partial charge in [0, 0.05) is 50.0 Å². The number of aliphatic hydroxyl groups excluding tert-OH is 1. The molecule has 4 aliphatic rings. The van der Waals surface area contributed by atoms with Gasteiger partial charge in [-0.15, -0.1) is 0 Å². The quantitative estimate of drug-likeness (QED) is 0.262. The first-order valence-electron chi connectivity index (χ1n) is 16.2. The van der Waals surface area contributed by atoms with Crippen molar-refractivity contribution in [3.05, 3.63) is 68.4 Å². The third-order valence-electron chi connectivity index (χ3n) is 9.98. The maximum Gasteiger partial charge on any atom is 0.341 e. The van der Waals surface area contributed by atoms with E-state index in [0.29, 0.717) is 12.0 Å². The molecule has 0 bridgehead atoms. The summed E-state index contributed by atoms with van der Waals surface area (Å²) in [5, 5.41) is 44.2. The lowest BCUT2D eigenvalue weighted by molar-refractivity contribution is -0.181. The number of benzene rings is 2. The Morgan fingerprint density at radius 1 is 1.04 bits per heavy atom. The number of carboxylic acids is 1. The molecule has 0 saturated carbocycles. The van der Waals surface area contributed by atoms with Gasteiger partial charge in [-0.05, 0) is 43.4 Å². The Morgan fingerprint density at radius 2 is 1.71 bits per heavy atom. The second-order valence-corrected chi connectivity index (χ2v) is 13.2. The zero-order chi connectivity index (χ0) is 38.6. The Morgan fingerprint density at radius 3 is 2.29 bits per heavy atom. The van der Waals surface area contributed by atoms with Crippen LogP contribution in [0, 0.1) is 12.8 Å². The van der Waals surface area contributed by atoms with Gasteiger partial charge in [-0.2, -0.15) is 0 Å². The molecule has 16 heteroatoms. The molecule has 1 fully saturated rings. The maximum atomic E-state index is 14.4. The molecule has 6 atom stereocenters. The van der Waals surface area contributed by atoms with Gasteiger partial charge in [0.2, 0.25) is 17.3 Å². The number of ketones is 4. The number of carboxylic acid groups (broad SMARTS) is 1. The van der Waals surface area contributed by atoms with Gasteiger partial charge in [0.1, 0.15) is 17.1 Å². The Bertz CT molecular complexity index is 1950. The van der Waals surface area contributed by atoms with Crippen molar-refractivity contribution in [2.75, 3.05) is 34.5 Å². The molecule has 0 aromatic heterocycles. The fraction of sp³-hybridized carbons (Fsp3) is 0.444. The predicted octanol–water partition coefficient (Wildman–Crippen LogP) is 1.19. The Hall–Kier alpha value is -5.00. The van der Waals surface area contributed by atoms with Crippen LogP contribution in [-0.4, -0.2) is 114 Å². The molecule has 0 amide bonds. The molecule has 1 saturated heterocycles. The van der Waals surface area contributed by atoms with Crippen molar-refractivity contribution in [2.24, 2.45) is 11.7 Å². The van der Waals surface area contributed by atoms with Gasteiger partial charge in [0.05, 0.1) is 42.2 Å². The van der Waals surface area contributed by atoms with Crippen LogP contribution in [0.1, 0.15) is 88.7 Å². The maximum absolute atomic E-state index is 14.4. The third-order valence-corrected chi connectivity index (χ3v) is 9.98. The van der Waals surface area contributed by atoms with Crippen LogP contribution in [0.5, 0.6) is 11.5 Å². The molecule has 3 aliphatic carbocycles. The van der Waals surface area contributed by atoms with E-state index in [1.807, 2.05) is 0 Å². The number of carbonyl (C=O) groups is 6. The van der Waals surface area contributed by atoms with Crippen molar-refractivity contribution in [3.8, 4) is 11.5 Å². The molecule has 52 heavy (non-hydrogen) atoms. The summed E-state index contributed by atoms with van der Waals surface area (Å²) >= 11 is 0. The van der Waals surface area contributed by atoms with E-state index in [9.17, 15) is 49.2 Å². The average molecular weight is 726 g/mol. The number of ether oxygens (including phenoxy) is 5. The number of aliphatic carboxylic acids is 1. The second-order valence-electron chi connectivity index (χ2n) is 13.2. The van der Waals surface area contributed by atoms with E-state index in [1.54, 1.807) is 7.11 Å². The van der Waals surface area contributed by atoms with Gasteiger partial charge in [-0.1, -0.05) is 13.0 Å². The first-order valence-corrected chi connectivity index (χ1v) is 16.2. The van der Waals surface area contributed by atoms with Crippen LogP contribution in [0.25, 0.3) is 0 Å². The zero-order valence-electron chi connectivity index (χ0n) is 29.2. The van der Waals surface area contributed by atoms with E-state index in [2.05, 4.69) is 13.8 Å². The monoisotopic (exact) mass is 725 g/mol. The molecule has 2 aromatic rings.